The maximum absolute atomic E-state index is 13.1. The molecule has 0 bridgehead atoms. The van der Waals surface area contributed by atoms with Crippen LogP contribution in [0, 0.1) is 0 Å². The molecular formula is C23H22F3N5O2. The maximum atomic E-state index is 13.1. The van der Waals surface area contributed by atoms with Gasteiger partial charge in [-0.3, -0.25) is 4.79 Å². The minimum Gasteiger partial charge on any atom is -0.465 e. The molecule has 0 fully saturated rings. The summed E-state index contributed by atoms with van der Waals surface area (Å²) < 4.78 is 47.6. The average molecular weight is 457 g/mol. The van der Waals surface area contributed by atoms with Crippen molar-refractivity contribution in [3.63, 3.8) is 0 Å². The Morgan fingerprint density at radius 2 is 1.82 bits per heavy atom. The minimum atomic E-state index is -4.42. The lowest BCUT2D eigenvalue weighted by atomic mass is 9.82. The molecule has 0 amide bonds. The van der Waals surface area contributed by atoms with E-state index in [-0.39, 0.29) is 13.0 Å². The van der Waals surface area contributed by atoms with Gasteiger partial charge in [-0.15, -0.1) is 0 Å². The third-order valence-corrected chi connectivity index (χ3v) is 5.65. The summed E-state index contributed by atoms with van der Waals surface area (Å²) in [6, 6.07) is 6.49. The summed E-state index contributed by atoms with van der Waals surface area (Å²) in [7, 11) is 1.84. The van der Waals surface area contributed by atoms with Crippen LogP contribution in [-0.4, -0.2) is 36.7 Å². The molecule has 4 aromatic rings. The smallest absolute Gasteiger partial charge is 0.416 e. The van der Waals surface area contributed by atoms with Crippen LogP contribution < -0.4 is 0 Å². The first-order valence-electron chi connectivity index (χ1n) is 10.3. The summed E-state index contributed by atoms with van der Waals surface area (Å²) in [5, 5.41) is 4.42. The van der Waals surface area contributed by atoms with Crippen LogP contribution in [0.25, 0.3) is 16.8 Å². The molecular weight excluding hydrogens is 435 g/mol. The third-order valence-electron chi connectivity index (χ3n) is 5.65. The second-order valence-corrected chi connectivity index (χ2v) is 7.88. The summed E-state index contributed by atoms with van der Waals surface area (Å²) in [5.41, 5.74) is 0.161. The first-order chi connectivity index (χ1) is 15.6. The summed E-state index contributed by atoms with van der Waals surface area (Å²) in [4.78, 5) is 21.9. The fourth-order valence-electron chi connectivity index (χ4n) is 3.79. The largest absolute Gasteiger partial charge is 0.465 e. The molecule has 0 spiro atoms. The highest BCUT2D eigenvalue weighted by Crippen LogP contribution is 2.34. The van der Waals surface area contributed by atoms with Crippen LogP contribution in [0.5, 0.6) is 0 Å². The van der Waals surface area contributed by atoms with Gasteiger partial charge in [-0.25, -0.2) is 14.5 Å². The third kappa shape index (κ3) is 4.08. The standard InChI is InChI=1S/C23H22F3N5O2/c1-4-33-21(32)22(2,13-19-27-11-12-30(19)3)18-9-10-28-20-17(14-29-31(18)20)15-5-7-16(8-6-15)23(24,25)26/h5-12,14H,4,13H2,1-3H3. The second kappa shape index (κ2) is 8.34. The van der Waals surface area contributed by atoms with Gasteiger partial charge in [0, 0.05) is 37.6 Å². The SMILES string of the molecule is CCOC(=O)C(C)(Cc1nccn1C)c1ccnc2c(-c3ccc(C(F)(F)F)cc3)cnn12. The lowest BCUT2D eigenvalue weighted by Gasteiger charge is -2.27. The van der Waals surface area contributed by atoms with E-state index in [2.05, 4.69) is 15.1 Å². The van der Waals surface area contributed by atoms with E-state index >= 15 is 0 Å². The molecule has 4 rings (SSSR count). The van der Waals surface area contributed by atoms with Crippen LogP contribution in [0.2, 0.25) is 0 Å². The number of benzene rings is 1. The van der Waals surface area contributed by atoms with Crippen molar-refractivity contribution in [2.24, 2.45) is 7.05 Å². The Morgan fingerprint density at radius 3 is 2.42 bits per heavy atom. The first-order valence-corrected chi connectivity index (χ1v) is 10.3. The number of carbonyl (C=O) groups is 1. The molecule has 1 atom stereocenters. The number of rotatable bonds is 6. The molecule has 172 valence electrons. The number of hydrogen-bond donors (Lipinski definition) is 0. The molecule has 1 aromatic carbocycles. The molecule has 0 N–H and O–H groups in total. The predicted molar refractivity (Wildman–Crippen MR) is 114 cm³/mol. The number of aromatic nitrogens is 5. The Kier molecular flexibility index (Phi) is 5.69. The fourth-order valence-corrected chi connectivity index (χ4v) is 3.79. The minimum absolute atomic E-state index is 0.207. The van der Waals surface area contributed by atoms with E-state index in [4.69, 9.17) is 4.74 Å². The normalized spacial score (nSPS) is 13.8. The lowest BCUT2D eigenvalue weighted by Crippen LogP contribution is -2.39. The summed E-state index contributed by atoms with van der Waals surface area (Å²) >= 11 is 0. The van der Waals surface area contributed by atoms with Crippen molar-refractivity contribution in [3.05, 3.63) is 72.2 Å². The number of esters is 1. The molecule has 3 aromatic heterocycles. The number of carbonyl (C=O) groups excluding carboxylic acids is 1. The molecule has 0 radical (unpaired) electrons. The number of halogens is 3. The van der Waals surface area contributed by atoms with Crippen molar-refractivity contribution in [2.75, 3.05) is 6.61 Å². The number of imidazole rings is 1. The Labute approximate surface area is 187 Å². The van der Waals surface area contributed by atoms with Gasteiger partial charge in [0.25, 0.3) is 0 Å². The van der Waals surface area contributed by atoms with Crippen LogP contribution in [0.4, 0.5) is 13.2 Å². The van der Waals surface area contributed by atoms with Gasteiger partial charge in [0.05, 0.1) is 24.1 Å². The molecule has 0 saturated carbocycles. The van der Waals surface area contributed by atoms with Crippen LogP contribution in [-0.2, 0) is 34.6 Å². The van der Waals surface area contributed by atoms with Crippen molar-refractivity contribution >= 4 is 11.6 Å². The van der Waals surface area contributed by atoms with E-state index in [0.29, 0.717) is 28.3 Å². The monoisotopic (exact) mass is 457 g/mol. The number of nitrogens with zero attached hydrogens (tertiary/aromatic N) is 5. The molecule has 1 unspecified atom stereocenters. The quantitative estimate of drug-likeness (QED) is 0.406. The van der Waals surface area contributed by atoms with Crippen molar-refractivity contribution in [3.8, 4) is 11.1 Å². The lowest BCUT2D eigenvalue weighted by molar-refractivity contribution is -0.149. The number of hydrogen-bond acceptors (Lipinski definition) is 5. The van der Waals surface area contributed by atoms with Gasteiger partial charge in [0.2, 0.25) is 0 Å². The number of fused-ring (bicyclic) bond motifs is 1. The highest BCUT2D eigenvalue weighted by Gasteiger charge is 2.41. The van der Waals surface area contributed by atoms with Crippen molar-refractivity contribution < 1.29 is 22.7 Å². The van der Waals surface area contributed by atoms with Gasteiger partial charge in [-0.05, 0) is 37.6 Å². The Bertz CT molecular complexity index is 1290. The molecule has 0 aliphatic carbocycles. The zero-order chi connectivity index (χ0) is 23.8. The fraction of sp³-hybridized carbons (Fsp3) is 0.304. The zero-order valence-corrected chi connectivity index (χ0v) is 18.3. The van der Waals surface area contributed by atoms with E-state index in [1.165, 1.54) is 22.8 Å². The molecule has 0 aliphatic rings. The van der Waals surface area contributed by atoms with Crippen LogP contribution >= 0.6 is 0 Å². The molecule has 0 saturated heterocycles. The maximum Gasteiger partial charge on any atom is 0.416 e. The van der Waals surface area contributed by atoms with E-state index in [1.54, 1.807) is 38.5 Å². The number of aryl methyl sites for hydroxylation is 1. The van der Waals surface area contributed by atoms with Gasteiger partial charge >= 0.3 is 12.1 Å². The molecule has 0 aliphatic heterocycles. The topological polar surface area (TPSA) is 74.3 Å². The average Bonchev–Trinajstić information content (AvgIpc) is 3.39. The van der Waals surface area contributed by atoms with E-state index < -0.39 is 23.1 Å². The van der Waals surface area contributed by atoms with Crippen LogP contribution in [0.15, 0.2) is 55.1 Å². The van der Waals surface area contributed by atoms with Gasteiger partial charge in [-0.2, -0.15) is 18.3 Å². The molecule has 33 heavy (non-hydrogen) atoms. The van der Waals surface area contributed by atoms with Crippen LogP contribution in [0.1, 0.15) is 30.9 Å². The molecule has 10 heteroatoms. The van der Waals surface area contributed by atoms with E-state index in [0.717, 1.165) is 12.1 Å². The van der Waals surface area contributed by atoms with E-state index in [9.17, 15) is 18.0 Å². The van der Waals surface area contributed by atoms with Crippen molar-refractivity contribution in [2.45, 2.75) is 31.9 Å². The van der Waals surface area contributed by atoms with Crippen molar-refractivity contribution in [1.29, 1.82) is 0 Å². The highest BCUT2D eigenvalue weighted by molar-refractivity contribution is 5.84. The zero-order valence-electron chi connectivity index (χ0n) is 18.3. The predicted octanol–water partition coefficient (Wildman–Crippen LogP) is 4.21. The Balaban J connectivity index is 1.82. The first kappa shape index (κ1) is 22.5. The van der Waals surface area contributed by atoms with E-state index in [1.807, 2.05) is 11.6 Å². The van der Waals surface area contributed by atoms with Gasteiger partial charge < -0.3 is 9.30 Å². The second-order valence-electron chi connectivity index (χ2n) is 7.88. The summed E-state index contributed by atoms with van der Waals surface area (Å²) in [6.45, 7) is 3.70. The Morgan fingerprint density at radius 1 is 1.09 bits per heavy atom. The summed E-state index contributed by atoms with van der Waals surface area (Å²) in [5.74, 6) is 0.248. The van der Waals surface area contributed by atoms with Gasteiger partial charge in [0.1, 0.15) is 11.2 Å². The molecule has 3 heterocycles. The highest BCUT2D eigenvalue weighted by atomic mass is 19.4. The summed E-state index contributed by atoms with van der Waals surface area (Å²) in [6.07, 6.45) is 2.36. The van der Waals surface area contributed by atoms with Gasteiger partial charge in [0.15, 0.2) is 5.65 Å². The van der Waals surface area contributed by atoms with Crippen molar-refractivity contribution in [1.82, 2.24) is 24.1 Å². The Hall–Kier alpha value is -3.69. The molecule has 7 nitrogen and oxygen atoms in total. The number of alkyl halides is 3. The number of ether oxygens (including phenoxy) is 1. The van der Waals surface area contributed by atoms with Gasteiger partial charge in [-0.1, -0.05) is 12.1 Å². The van der Waals surface area contributed by atoms with Crippen LogP contribution in [0.3, 0.4) is 0 Å².